The molecule has 0 unspecified atom stereocenters. The van der Waals surface area contributed by atoms with E-state index in [9.17, 15) is 0 Å². The smallest absolute Gasteiger partial charge is 0.127 e. The van der Waals surface area contributed by atoms with Crippen LogP contribution in [0.1, 0.15) is 56.9 Å². The summed E-state index contributed by atoms with van der Waals surface area (Å²) in [7, 11) is 2.18. The van der Waals surface area contributed by atoms with Gasteiger partial charge >= 0.3 is 0 Å². The number of para-hydroxylation sites is 1. The van der Waals surface area contributed by atoms with E-state index in [0.29, 0.717) is 0 Å². The Morgan fingerprint density at radius 3 is 2.32 bits per heavy atom. The van der Waals surface area contributed by atoms with Crippen LogP contribution in [0.2, 0.25) is 0 Å². The van der Waals surface area contributed by atoms with E-state index in [4.69, 9.17) is 4.74 Å². The monoisotopic (exact) mass is 337 g/mol. The molecule has 2 aromatic carbocycles. The first-order chi connectivity index (χ1) is 11.6. The minimum atomic E-state index is -0.0835. The van der Waals surface area contributed by atoms with Gasteiger partial charge in [0.05, 0.1) is 0 Å². The predicted molar refractivity (Wildman–Crippen MR) is 105 cm³/mol. The molecule has 134 valence electrons. The number of fused-ring (bicyclic) bond motifs is 1. The number of hydrogen-bond acceptors (Lipinski definition) is 2. The highest BCUT2D eigenvalue weighted by molar-refractivity contribution is 5.45. The molecular formula is C23H31NO. The quantitative estimate of drug-likeness (QED) is 0.747. The maximum absolute atomic E-state index is 6.20. The van der Waals surface area contributed by atoms with Crippen LogP contribution in [0, 0.1) is 0 Å². The van der Waals surface area contributed by atoms with Gasteiger partial charge in [-0.05, 0) is 43.0 Å². The van der Waals surface area contributed by atoms with Crippen molar-refractivity contribution < 1.29 is 4.74 Å². The first-order valence-electron chi connectivity index (χ1n) is 9.22. The van der Waals surface area contributed by atoms with Gasteiger partial charge in [-0.2, -0.15) is 0 Å². The molecule has 3 rings (SSSR count). The highest BCUT2D eigenvalue weighted by Gasteiger charge is 2.31. The minimum Gasteiger partial charge on any atom is -0.487 e. The average Bonchev–Trinajstić information content (AvgIpc) is 2.82. The molecule has 0 saturated carbocycles. The van der Waals surface area contributed by atoms with Crippen molar-refractivity contribution in [1.82, 2.24) is 4.90 Å². The molecule has 1 aliphatic rings. The van der Waals surface area contributed by atoms with E-state index < -0.39 is 0 Å². The standard InChI is InChI=1S/C23H31NO/c1-22(2,3)20-12-10-17(11-13-20)15-24(6)16-19-9-7-8-18-14-23(4,5)25-21(18)19/h7-13H,14-16H2,1-6H3. The molecule has 0 spiro atoms. The summed E-state index contributed by atoms with van der Waals surface area (Å²) in [5.74, 6) is 1.10. The summed E-state index contributed by atoms with van der Waals surface area (Å²) in [6.07, 6.45) is 0.994. The molecule has 1 aliphatic heterocycles. The fourth-order valence-corrected chi connectivity index (χ4v) is 3.57. The molecule has 0 N–H and O–H groups in total. The SMILES string of the molecule is CN(Cc1ccc(C(C)(C)C)cc1)Cc1cccc2c1OC(C)(C)C2. The Kier molecular flexibility index (Phi) is 4.68. The second-order valence-corrected chi connectivity index (χ2v) is 9.06. The van der Waals surface area contributed by atoms with Crippen molar-refractivity contribution in [2.45, 2.75) is 65.1 Å². The number of hydrogen-bond donors (Lipinski definition) is 0. The van der Waals surface area contributed by atoms with Gasteiger partial charge in [-0.25, -0.2) is 0 Å². The van der Waals surface area contributed by atoms with Crippen LogP contribution in [-0.2, 0) is 24.9 Å². The molecule has 2 heteroatoms. The molecule has 1 heterocycles. The Hall–Kier alpha value is -1.80. The van der Waals surface area contributed by atoms with Gasteiger partial charge in [0.15, 0.2) is 0 Å². The van der Waals surface area contributed by atoms with Gasteiger partial charge in [0, 0.05) is 25.1 Å². The summed E-state index contributed by atoms with van der Waals surface area (Å²) in [4.78, 5) is 2.36. The van der Waals surface area contributed by atoms with Gasteiger partial charge in [-0.1, -0.05) is 63.2 Å². The molecular weight excluding hydrogens is 306 g/mol. The van der Waals surface area contributed by atoms with Crippen molar-refractivity contribution in [3.63, 3.8) is 0 Å². The highest BCUT2D eigenvalue weighted by Crippen LogP contribution is 2.38. The topological polar surface area (TPSA) is 12.5 Å². The molecule has 0 aliphatic carbocycles. The lowest BCUT2D eigenvalue weighted by molar-refractivity contribution is 0.135. The van der Waals surface area contributed by atoms with Crippen LogP contribution in [0.25, 0.3) is 0 Å². The van der Waals surface area contributed by atoms with Gasteiger partial charge < -0.3 is 4.74 Å². The van der Waals surface area contributed by atoms with E-state index in [1.54, 1.807) is 0 Å². The third-order valence-corrected chi connectivity index (χ3v) is 4.89. The highest BCUT2D eigenvalue weighted by atomic mass is 16.5. The number of benzene rings is 2. The van der Waals surface area contributed by atoms with Crippen molar-refractivity contribution >= 4 is 0 Å². The molecule has 25 heavy (non-hydrogen) atoms. The molecule has 0 atom stereocenters. The molecule has 2 nitrogen and oxygen atoms in total. The Labute approximate surface area is 152 Å². The van der Waals surface area contributed by atoms with E-state index in [1.165, 1.54) is 22.3 Å². The van der Waals surface area contributed by atoms with Crippen LogP contribution < -0.4 is 4.74 Å². The fraction of sp³-hybridized carbons (Fsp3) is 0.478. The van der Waals surface area contributed by atoms with E-state index in [0.717, 1.165) is 25.3 Å². The van der Waals surface area contributed by atoms with Gasteiger partial charge in [0.2, 0.25) is 0 Å². The Bertz CT molecular complexity index is 738. The van der Waals surface area contributed by atoms with E-state index in [2.05, 4.69) is 89.0 Å². The normalized spacial score (nSPS) is 16.0. The van der Waals surface area contributed by atoms with Gasteiger partial charge in [-0.15, -0.1) is 0 Å². The molecule has 0 amide bonds. The average molecular weight is 338 g/mol. The zero-order valence-corrected chi connectivity index (χ0v) is 16.5. The zero-order chi connectivity index (χ0) is 18.2. The van der Waals surface area contributed by atoms with Crippen molar-refractivity contribution in [2.24, 2.45) is 0 Å². The second-order valence-electron chi connectivity index (χ2n) is 9.06. The van der Waals surface area contributed by atoms with Gasteiger partial charge in [-0.3, -0.25) is 4.90 Å². The largest absolute Gasteiger partial charge is 0.487 e. The van der Waals surface area contributed by atoms with Gasteiger partial charge in [0.1, 0.15) is 11.4 Å². The summed E-state index contributed by atoms with van der Waals surface area (Å²) in [6, 6.07) is 15.6. The first-order valence-corrected chi connectivity index (χ1v) is 9.22. The summed E-state index contributed by atoms with van der Waals surface area (Å²) in [5, 5.41) is 0. The number of rotatable bonds is 4. The molecule has 0 fully saturated rings. The summed E-state index contributed by atoms with van der Waals surface area (Å²) in [6.45, 7) is 12.9. The van der Waals surface area contributed by atoms with E-state index in [-0.39, 0.29) is 11.0 Å². The van der Waals surface area contributed by atoms with E-state index in [1.807, 2.05) is 0 Å². The van der Waals surface area contributed by atoms with E-state index >= 15 is 0 Å². The van der Waals surface area contributed by atoms with Crippen molar-refractivity contribution in [3.8, 4) is 5.75 Å². The molecule has 0 bridgehead atoms. The summed E-state index contributed by atoms with van der Waals surface area (Å²) < 4.78 is 6.20. The van der Waals surface area contributed by atoms with Crippen LogP contribution in [0.5, 0.6) is 5.75 Å². The third kappa shape index (κ3) is 4.24. The summed E-state index contributed by atoms with van der Waals surface area (Å²) >= 11 is 0. The zero-order valence-electron chi connectivity index (χ0n) is 16.5. The third-order valence-electron chi connectivity index (χ3n) is 4.89. The second kappa shape index (κ2) is 6.49. The van der Waals surface area contributed by atoms with Crippen LogP contribution in [0.3, 0.4) is 0 Å². The molecule has 0 saturated heterocycles. The van der Waals surface area contributed by atoms with Crippen LogP contribution >= 0.6 is 0 Å². The Balaban J connectivity index is 1.68. The lowest BCUT2D eigenvalue weighted by atomic mass is 9.87. The first kappa shape index (κ1) is 18.0. The van der Waals surface area contributed by atoms with Crippen LogP contribution in [-0.4, -0.2) is 17.5 Å². The lowest BCUT2D eigenvalue weighted by Gasteiger charge is -2.22. The molecule has 0 aromatic heterocycles. The molecule has 0 radical (unpaired) electrons. The minimum absolute atomic E-state index is 0.0835. The molecule has 2 aromatic rings. The van der Waals surface area contributed by atoms with Gasteiger partial charge in [0.25, 0.3) is 0 Å². The van der Waals surface area contributed by atoms with Crippen LogP contribution in [0.4, 0.5) is 0 Å². The van der Waals surface area contributed by atoms with Crippen LogP contribution in [0.15, 0.2) is 42.5 Å². The predicted octanol–water partition coefficient (Wildman–Crippen LogP) is 5.33. The number of ether oxygens (including phenoxy) is 1. The van der Waals surface area contributed by atoms with Crippen molar-refractivity contribution in [1.29, 1.82) is 0 Å². The van der Waals surface area contributed by atoms with Crippen molar-refractivity contribution in [3.05, 3.63) is 64.7 Å². The lowest BCUT2D eigenvalue weighted by Crippen LogP contribution is -2.25. The Morgan fingerprint density at radius 1 is 1.00 bits per heavy atom. The maximum Gasteiger partial charge on any atom is 0.127 e. The van der Waals surface area contributed by atoms with Crippen molar-refractivity contribution in [2.75, 3.05) is 7.05 Å². The number of nitrogens with zero attached hydrogens (tertiary/aromatic N) is 1. The maximum atomic E-state index is 6.20. The summed E-state index contributed by atoms with van der Waals surface area (Å²) in [5.41, 5.74) is 5.49. The Morgan fingerprint density at radius 2 is 1.68 bits per heavy atom. The fourth-order valence-electron chi connectivity index (χ4n) is 3.57.